The van der Waals surface area contributed by atoms with Crippen molar-refractivity contribution in [2.24, 2.45) is 23.5 Å². The number of aliphatic hydroxyl groups is 3. The van der Waals surface area contributed by atoms with Gasteiger partial charge in [0.1, 0.15) is 22.9 Å². The summed E-state index contributed by atoms with van der Waals surface area (Å²) in [7, 11) is 3.47. The van der Waals surface area contributed by atoms with Crippen LogP contribution in [0.5, 0.6) is 5.75 Å². The smallest absolute Gasteiger partial charge is 0.251 e. The molecule has 0 aliphatic heterocycles. The number of fused-ring (bicyclic) bond motifs is 3. The van der Waals surface area contributed by atoms with E-state index in [0.717, 1.165) is 28.8 Å². The number of phenols is 1. The lowest BCUT2D eigenvalue weighted by atomic mass is 9.55. The minimum Gasteiger partial charge on any atom is -0.510 e. The average molecular weight is 560 g/mol. The zero-order chi connectivity index (χ0) is 29.4. The van der Waals surface area contributed by atoms with Gasteiger partial charge in [0, 0.05) is 18.2 Å². The van der Waals surface area contributed by atoms with Crippen molar-refractivity contribution in [2.45, 2.75) is 56.8 Å². The fourth-order valence-electron chi connectivity index (χ4n) is 7.55. The summed E-state index contributed by atoms with van der Waals surface area (Å²) >= 11 is 0. The van der Waals surface area contributed by atoms with Crippen molar-refractivity contribution in [1.82, 2.24) is 10.2 Å². The first kappa shape index (κ1) is 27.5. The summed E-state index contributed by atoms with van der Waals surface area (Å²) in [5.41, 5.74) is 7.20. The van der Waals surface area contributed by atoms with Crippen LogP contribution in [0.3, 0.4) is 0 Å². The maximum atomic E-state index is 14.2. The van der Waals surface area contributed by atoms with Crippen LogP contribution < -0.4 is 11.1 Å². The molecule has 5 atom stereocenters. The van der Waals surface area contributed by atoms with Crippen LogP contribution in [-0.4, -0.2) is 68.8 Å². The van der Waals surface area contributed by atoms with Gasteiger partial charge in [-0.25, -0.2) is 0 Å². The molecule has 0 heterocycles. The lowest BCUT2D eigenvalue weighted by Crippen LogP contribution is -2.61. The highest BCUT2D eigenvalue weighted by Gasteiger charge is 2.60. The molecule has 0 radical (unpaired) electrons. The molecule has 216 valence electrons. The number of rotatable bonds is 6. The van der Waals surface area contributed by atoms with Crippen molar-refractivity contribution in [2.75, 3.05) is 14.1 Å². The van der Waals surface area contributed by atoms with Crippen LogP contribution >= 0.6 is 0 Å². The maximum Gasteiger partial charge on any atom is 0.251 e. The predicted octanol–water partition coefficient (Wildman–Crippen LogP) is 2.95. The molecule has 2 saturated carbocycles. The van der Waals surface area contributed by atoms with Crippen molar-refractivity contribution >= 4 is 17.4 Å². The first-order chi connectivity index (χ1) is 19.4. The van der Waals surface area contributed by atoms with Crippen LogP contribution in [0.2, 0.25) is 0 Å². The summed E-state index contributed by atoms with van der Waals surface area (Å²) in [6, 6.07) is 11.4. The van der Waals surface area contributed by atoms with Gasteiger partial charge in [0.2, 0.25) is 0 Å². The molecule has 2 fully saturated rings. The van der Waals surface area contributed by atoms with Gasteiger partial charge in [0.15, 0.2) is 5.78 Å². The molecule has 4 unspecified atom stereocenters. The number of likely N-dealkylation sites (N-methyl/N-ethyl adjacent to an activating group) is 1. The zero-order valence-corrected chi connectivity index (χ0v) is 23.5. The number of benzene rings is 2. The Kier molecular flexibility index (Phi) is 6.52. The van der Waals surface area contributed by atoms with Crippen LogP contribution in [0.15, 0.2) is 53.3 Å². The summed E-state index contributed by atoms with van der Waals surface area (Å²) in [5, 5.41) is 48.7. The first-order valence-corrected chi connectivity index (χ1v) is 14.2. The Bertz CT molecular complexity index is 1520. The summed E-state index contributed by atoms with van der Waals surface area (Å²) < 4.78 is 0. The highest BCUT2D eigenvalue weighted by molar-refractivity contribution is 6.08. The van der Waals surface area contributed by atoms with E-state index >= 15 is 0 Å². The zero-order valence-electron chi connectivity index (χ0n) is 23.5. The van der Waals surface area contributed by atoms with E-state index in [1.54, 1.807) is 19.0 Å². The Balaban J connectivity index is 1.46. The number of hydrogen-bond donors (Lipinski definition) is 6. The lowest BCUT2D eigenvalue weighted by Gasteiger charge is -2.52. The van der Waals surface area contributed by atoms with Crippen molar-refractivity contribution in [3.05, 3.63) is 70.0 Å². The van der Waals surface area contributed by atoms with E-state index in [2.05, 4.69) is 17.4 Å². The van der Waals surface area contributed by atoms with Crippen LogP contribution in [-0.2, 0) is 22.6 Å². The van der Waals surface area contributed by atoms with Crippen LogP contribution in [0, 0.1) is 17.8 Å². The number of Topliss-reactive ketones (excluding diaryl/α,β-unsaturated/α-hetero) is 1. The molecule has 4 aliphatic carbocycles. The Hall–Kier alpha value is -3.66. The molecule has 41 heavy (non-hydrogen) atoms. The van der Waals surface area contributed by atoms with Crippen molar-refractivity contribution in [3.63, 3.8) is 0 Å². The molecule has 0 saturated heterocycles. The fourth-order valence-corrected chi connectivity index (χ4v) is 7.55. The van der Waals surface area contributed by atoms with Gasteiger partial charge < -0.3 is 31.5 Å². The maximum absolute atomic E-state index is 14.2. The number of primary amides is 1. The highest BCUT2D eigenvalue weighted by Crippen LogP contribution is 2.54. The number of aromatic hydroxyl groups is 1. The number of hydrogen-bond acceptors (Lipinski definition) is 8. The number of allylic oxidation sites excluding steroid dienone is 1. The second-order valence-corrected chi connectivity index (χ2v) is 12.4. The standard InChI is InChI=1S/C32H37N3O6/c1-32(41)25-21(27(35(2)3)30(39)26(32)31(33)40)13-17-12-20-19(9-10-22(36)24(20)28(37)23(17)29(25)38)16-6-4-5-15(11-16)14-34-18-7-8-18/h4-6,9-11,17-18,21,25,27,34,36-37,39,41H,7-8,12-14H2,1-3H3,(H2,33,40)/t17?,21?,25?,27-,32?/m0/s1. The van der Waals surface area contributed by atoms with E-state index < -0.39 is 41.1 Å². The summed E-state index contributed by atoms with van der Waals surface area (Å²) in [5.74, 6) is -4.36. The normalized spacial score (nSPS) is 29.3. The Morgan fingerprint density at radius 2 is 1.88 bits per heavy atom. The minimum absolute atomic E-state index is 0.134. The number of phenolic OH excluding ortho intramolecular Hbond substituents is 1. The Labute approximate surface area is 239 Å². The molecule has 2 aromatic carbocycles. The molecule has 0 bridgehead atoms. The molecular formula is C32H37N3O6. The SMILES string of the molecule is CN(C)[C@@H]1C(O)=C(C(N)=O)C(C)(O)C2C(=O)C3=C(O)c4c(O)ccc(-c5cccc(CNC6CC6)c5)c4CC3CC21. The van der Waals surface area contributed by atoms with E-state index in [1.807, 2.05) is 18.2 Å². The fraction of sp³-hybridized carbons (Fsp3) is 0.438. The third-order valence-electron chi connectivity index (χ3n) is 9.44. The monoisotopic (exact) mass is 559 g/mol. The Morgan fingerprint density at radius 3 is 2.54 bits per heavy atom. The van der Waals surface area contributed by atoms with Gasteiger partial charge in [0.05, 0.1) is 23.1 Å². The van der Waals surface area contributed by atoms with E-state index in [-0.39, 0.29) is 34.0 Å². The number of nitrogens with two attached hydrogens (primary N) is 1. The first-order valence-electron chi connectivity index (χ1n) is 14.2. The summed E-state index contributed by atoms with van der Waals surface area (Å²) in [6.07, 6.45) is 3.14. The van der Waals surface area contributed by atoms with Crippen molar-refractivity contribution in [3.8, 4) is 16.9 Å². The molecule has 7 N–H and O–H groups in total. The molecule has 9 nitrogen and oxygen atoms in total. The van der Waals surface area contributed by atoms with Crippen LogP contribution in [0.1, 0.15) is 42.9 Å². The number of ketones is 1. The lowest BCUT2D eigenvalue weighted by molar-refractivity contribution is -0.139. The third kappa shape index (κ3) is 4.34. The van der Waals surface area contributed by atoms with Crippen molar-refractivity contribution in [1.29, 1.82) is 0 Å². The second kappa shape index (κ2) is 9.72. The number of amides is 1. The average Bonchev–Trinajstić information content (AvgIpc) is 3.71. The molecule has 6 rings (SSSR count). The summed E-state index contributed by atoms with van der Waals surface area (Å²) in [4.78, 5) is 28.3. The minimum atomic E-state index is -2.04. The van der Waals surface area contributed by atoms with E-state index in [4.69, 9.17) is 5.73 Å². The van der Waals surface area contributed by atoms with Gasteiger partial charge in [-0.2, -0.15) is 0 Å². The van der Waals surface area contributed by atoms with Gasteiger partial charge in [-0.1, -0.05) is 24.3 Å². The summed E-state index contributed by atoms with van der Waals surface area (Å²) in [6.45, 7) is 2.07. The van der Waals surface area contributed by atoms with Gasteiger partial charge in [0.25, 0.3) is 5.91 Å². The van der Waals surface area contributed by atoms with E-state index in [9.17, 15) is 30.0 Å². The van der Waals surface area contributed by atoms with Gasteiger partial charge in [-0.15, -0.1) is 0 Å². The molecule has 0 aromatic heterocycles. The van der Waals surface area contributed by atoms with Crippen LogP contribution in [0.4, 0.5) is 0 Å². The topological polar surface area (TPSA) is 156 Å². The van der Waals surface area contributed by atoms with Gasteiger partial charge in [-0.05, 0) is 92.9 Å². The quantitative estimate of drug-likeness (QED) is 0.316. The van der Waals surface area contributed by atoms with Gasteiger partial charge in [-0.3, -0.25) is 14.5 Å². The Morgan fingerprint density at radius 1 is 1.15 bits per heavy atom. The van der Waals surface area contributed by atoms with Gasteiger partial charge >= 0.3 is 0 Å². The molecule has 4 aliphatic rings. The molecule has 1 amide bonds. The number of carbonyl (C=O) groups excluding carboxylic acids is 2. The van der Waals surface area contributed by atoms with Crippen LogP contribution in [0.25, 0.3) is 16.9 Å². The molecular weight excluding hydrogens is 522 g/mol. The second-order valence-electron chi connectivity index (χ2n) is 12.4. The van der Waals surface area contributed by atoms with E-state index in [1.165, 1.54) is 25.8 Å². The number of carbonyl (C=O) groups is 2. The van der Waals surface area contributed by atoms with E-state index in [0.29, 0.717) is 18.9 Å². The highest BCUT2D eigenvalue weighted by atomic mass is 16.3. The molecule has 9 heteroatoms. The predicted molar refractivity (Wildman–Crippen MR) is 154 cm³/mol. The number of nitrogens with one attached hydrogen (secondary N) is 1. The largest absolute Gasteiger partial charge is 0.510 e. The number of nitrogens with zero attached hydrogens (tertiary/aromatic N) is 1. The molecule has 2 aromatic rings. The number of aliphatic hydroxyl groups excluding tert-OH is 2. The van der Waals surface area contributed by atoms with Crippen molar-refractivity contribution < 1.29 is 30.0 Å². The molecule has 0 spiro atoms. The third-order valence-corrected chi connectivity index (χ3v) is 9.44.